The second-order valence-electron chi connectivity index (χ2n) is 4.37. The summed E-state index contributed by atoms with van der Waals surface area (Å²) in [6, 6.07) is 6.12. The van der Waals surface area contributed by atoms with Gasteiger partial charge in [0.15, 0.2) is 11.5 Å². The molecule has 0 spiro atoms. The molecule has 1 atom stereocenters. The molecule has 3 heteroatoms. The molecule has 0 saturated carbocycles. The van der Waals surface area contributed by atoms with Crippen molar-refractivity contribution >= 4 is 15.9 Å². The van der Waals surface area contributed by atoms with Gasteiger partial charge in [0.05, 0.1) is 0 Å². The minimum absolute atomic E-state index is 0.478. The highest BCUT2D eigenvalue weighted by Gasteiger charge is 2.31. The molecule has 0 saturated heterocycles. The van der Waals surface area contributed by atoms with Crippen LogP contribution < -0.4 is 9.47 Å². The van der Waals surface area contributed by atoms with Crippen LogP contribution in [0.15, 0.2) is 18.2 Å². The van der Waals surface area contributed by atoms with Crippen molar-refractivity contribution in [3.05, 3.63) is 23.8 Å². The van der Waals surface area contributed by atoms with Gasteiger partial charge in [-0.05, 0) is 24.1 Å². The fraction of sp³-hybridized carbons (Fsp3) is 0.500. The van der Waals surface area contributed by atoms with Crippen LogP contribution in [0.4, 0.5) is 0 Å². The summed E-state index contributed by atoms with van der Waals surface area (Å²) in [4.78, 5) is 0.478. The highest BCUT2D eigenvalue weighted by atomic mass is 79.9. The third-order valence-electron chi connectivity index (χ3n) is 2.24. The number of halogens is 1. The minimum Gasteiger partial charge on any atom is -0.449 e. The first-order chi connectivity index (χ1) is 6.96. The first-order valence-corrected chi connectivity index (χ1v) is 6.03. The van der Waals surface area contributed by atoms with Crippen molar-refractivity contribution in [2.45, 2.75) is 37.8 Å². The van der Waals surface area contributed by atoms with Crippen molar-refractivity contribution in [2.75, 3.05) is 0 Å². The van der Waals surface area contributed by atoms with E-state index < -0.39 is 5.79 Å². The number of benzene rings is 1. The molecule has 0 bridgehead atoms. The molecule has 1 aromatic carbocycles. The zero-order valence-electron chi connectivity index (χ0n) is 9.21. The standard InChI is InChI=1S/C12H15BrO2/c1-8(13)6-9-4-5-10-11(7-9)15-12(2,3)14-10/h4-5,7-8H,6H2,1-3H3/t8-/m1/s1. The molecule has 0 amide bonds. The molecule has 1 aliphatic rings. The maximum atomic E-state index is 5.68. The number of hydrogen-bond donors (Lipinski definition) is 0. The lowest BCUT2D eigenvalue weighted by molar-refractivity contribution is -0.0431. The molecule has 15 heavy (non-hydrogen) atoms. The largest absolute Gasteiger partial charge is 0.449 e. The van der Waals surface area contributed by atoms with Gasteiger partial charge in [0, 0.05) is 18.7 Å². The second-order valence-corrected chi connectivity index (χ2v) is 5.93. The Labute approximate surface area is 98.7 Å². The Bertz CT molecular complexity index is 372. The van der Waals surface area contributed by atoms with Crippen LogP contribution in [0.5, 0.6) is 11.5 Å². The fourth-order valence-corrected chi connectivity index (χ4v) is 2.09. The van der Waals surface area contributed by atoms with Crippen LogP contribution in [-0.2, 0) is 6.42 Å². The van der Waals surface area contributed by atoms with E-state index in [1.807, 2.05) is 19.9 Å². The van der Waals surface area contributed by atoms with Crippen molar-refractivity contribution in [1.82, 2.24) is 0 Å². The Balaban J connectivity index is 2.23. The van der Waals surface area contributed by atoms with Crippen molar-refractivity contribution in [3.8, 4) is 11.5 Å². The first kappa shape index (κ1) is 10.8. The molecule has 0 N–H and O–H groups in total. The van der Waals surface area contributed by atoms with Gasteiger partial charge in [-0.3, -0.25) is 0 Å². The van der Waals surface area contributed by atoms with Crippen LogP contribution in [0.25, 0.3) is 0 Å². The van der Waals surface area contributed by atoms with Gasteiger partial charge in [-0.2, -0.15) is 0 Å². The van der Waals surface area contributed by atoms with Gasteiger partial charge in [0.25, 0.3) is 0 Å². The average molecular weight is 271 g/mol. The van der Waals surface area contributed by atoms with Crippen molar-refractivity contribution in [2.24, 2.45) is 0 Å². The van der Waals surface area contributed by atoms with E-state index in [0.29, 0.717) is 4.83 Å². The maximum absolute atomic E-state index is 5.68. The van der Waals surface area contributed by atoms with E-state index in [9.17, 15) is 0 Å². The maximum Gasteiger partial charge on any atom is 0.246 e. The van der Waals surface area contributed by atoms with Crippen molar-refractivity contribution in [3.63, 3.8) is 0 Å². The van der Waals surface area contributed by atoms with Crippen molar-refractivity contribution in [1.29, 1.82) is 0 Å². The Morgan fingerprint density at radius 3 is 2.60 bits per heavy atom. The van der Waals surface area contributed by atoms with Gasteiger partial charge in [-0.1, -0.05) is 28.9 Å². The van der Waals surface area contributed by atoms with Gasteiger partial charge in [0.1, 0.15) is 0 Å². The lowest BCUT2D eigenvalue weighted by Crippen LogP contribution is -2.29. The second kappa shape index (κ2) is 3.71. The molecule has 82 valence electrons. The lowest BCUT2D eigenvalue weighted by atomic mass is 10.1. The molecule has 1 aromatic rings. The smallest absolute Gasteiger partial charge is 0.246 e. The predicted octanol–water partition coefficient (Wildman–Crippen LogP) is 3.52. The van der Waals surface area contributed by atoms with E-state index in [2.05, 4.69) is 35.0 Å². The summed E-state index contributed by atoms with van der Waals surface area (Å²) in [5, 5.41) is 0. The van der Waals surface area contributed by atoms with E-state index in [-0.39, 0.29) is 0 Å². The first-order valence-electron chi connectivity index (χ1n) is 5.11. The van der Waals surface area contributed by atoms with E-state index in [4.69, 9.17) is 9.47 Å². The summed E-state index contributed by atoms with van der Waals surface area (Å²) in [6.45, 7) is 5.97. The molecular weight excluding hydrogens is 256 g/mol. The zero-order valence-corrected chi connectivity index (χ0v) is 10.8. The van der Waals surface area contributed by atoms with Crippen LogP contribution in [0.2, 0.25) is 0 Å². The Morgan fingerprint density at radius 2 is 1.93 bits per heavy atom. The highest BCUT2D eigenvalue weighted by Crippen LogP contribution is 2.39. The molecule has 1 heterocycles. The van der Waals surface area contributed by atoms with E-state index in [0.717, 1.165) is 17.9 Å². The topological polar surface area (TPSA) is 18.5 Å². The summed E-state index contributed by atoms with van der Waals surface area (Å²) in [5.74, 6) is 1.16. The summed E-state index contributed by atoms with van der Waals surface area (Å²) in [5.41, 5.74) is 1.26. The molecule has 2 rings (SSSR count). The number of ether oxygens (including phenoxy) is 2. The van der Waals surface area contributed by atoms with E-state index >= 15 is 0 Å². The molecule has 0 aromatic heterocycles. The van der Waals surface area contributed by atoms with Crippen LogP contribution in [0.1, 0.15) is 26.3 Å². The lowest BCUT2D eigenvalue weighted by Gasteiger charge is -2.16. The molecule has 1 aliphatic heterocycles. The summed E-state index contributed by atoms with van der Waals surface area (Å²) in [7, 11) is 0. The molecule has 0 unspecified atom stereocenters. The van der Waals surface area contributed by atoms with Crippen LogP contribution in [0, 0.1) is 0 Å². The average Bonchev–Trinajstić information content (AvgIpc) is 2.36. The Kier molecular flexibility index (Phi) is 2.67. The van der Waals surface area contributed by atoms with Gasteiger partial charge < -0.3 is 9.47 Å². The van der Waals surface area contributed by atoms with E-state index in [1.54, 1.807) is 0 Å². The number of rotatable bonds is 2. The molecule has 0 radical (unpaired) electrons. The van der Waals surface area contributed by atoms with Crippen LogP contribution in [0.3, 0.4) is 0 Å². The summed E-state index contributed by atoms with van der Waals surface area (Å²) in [6.07, 6.45) is 0.997. The van der Waals surface area contributed by atoms with Gasteiger partial charge in [0.2, 0.25) is 5.79 Å². The Morgan fingerprint density at radius 1 is 1.27 bits per heavy atom. The van der Waals surface area contributed by atoms with Crippen LogP contribution in [-0.4, -0.2) is 10.6 Å². The third-order valence-corrected chi connectivity index (χ3v) is 2.56. The highest BCUT2D eigenvalue weighted by molar-refractivity contribution is 9.09. The third kappa shape index (κ3) is 2.46. The zero-order chi connectivity index (χ0) is 11.1. The monoisotopic (exact) mass is 270 g/mol. The number of fused-ring (bicyclic) bond motifs is 1. The van der Waals surface area contributed by atoms with Gasteiger partial charge in [-0.15, -0.1) is 0 Å². The summed E-state index contributed by atoms with van der Waals surface area (Å²) < 4.78 is 11.3. The Hall–Kier alpha value is -0.700. The quantitative estimate of drug-likeness (QED) is 0.766. The molecule has 0 aliphatic carbocycles. The van der Waals surface area contributed by atoms with Gasteiger partial charge >= 0.3 is 0 Å². The normalized spacial score (nSPS) is 18.9. The van der Waals surface area contributed by atoms with Crippen LogP contribution >= 0.6 is 15.9 Å². The number of alkyl halides is 1. The molecule has 0 fully saturated rings. The van der Waals surface area contributed by atoms with Crippen molar-refractivity contribution < 1.29 is 9.47 Å². The minimum atomic E-state index is -0.527. The van der Waals surface area contributed by atoms with Gasteiger partial charge in [-0.25, -0.2) is 0 Å². The predicted molar refractivity (Wildman–Crippen MR) is 63.9 cm³/mol. The SMILES string of the molecule is C[C@@H](Br)Cc1ccc2c(c1)OC(C)(C)O2. The number of hydrogen-bond acceptors (Lipinski definition) is 2. The fourth-order valence-electron chi connectivity index (χ4n) is 1.72. The van der Waals surface area contributed by atoms with E-state index in [1.165, 1.54) is 5.56 Å². The molecule has 2 nitrogen and oxygen atoms in total. The molecular formula is C12H15BrO2. The summed E-state index contributed by atoms with van der Waals surface area (Å²) >= 11 is 3.54.